The lowest BCUT2D eigenvalue weighted by Crippen LogP contribution is -2.47. The van der Waals surface area contributed by atoms with E-state index >= 15 is 0 Å². The average Bonchev–Trinajstić information content (AvgIpc) is 3.06. The first-order valence-corrected chi connectivity index (χ1v) is 16.1. The van der Waals surface area contributed by atoms with Gasteiger partial charge in [-0.05, 0) is 54.8 Å². The van der Waals surface area contributed by atoms with Crippen LogP contribution in [-0.4, -0.2) is 79.7 Å². The van der Waals surface area contributed by atoms with E-state index in [1.54, 1.807) is 24.3 Å². The molecule has 2 aliphatic rings. The monoisotopic (exact) mass is 666 g/mol. The van der Waals surface area contributed by atoms with Crippen LogP contribution in [0, 0.1) is 10.1 Å². The second kappa shape index (κ2) is 14.2. The Bertz CT molecular complexity index is 1760. The number of alkyl halides is 3. The van der Waals surface area contributed by atoms with Gasteiger partial charge in [0.2, 0.25) is 5.75 Å². The lowest BCUT2D eigenvalue weighted by Gasteiger charge is -2.36. The highest BCUT2D eigenvalue weighted by atomic mass is 32.2. The lowest BCUT2D eigenvalue weighted by molar-refractivity contribution is -0.385. The largest absolute Gasteiger partial charge is 0.474 e. The number of rotatable bonds is 11. The third-order valence-electron chi connectivity index (χ3n) is 8.33. The third-order valence-corrected chi connectivity index (χ3v) is 9.46. The highest BCUT2D eigenvalue weighted by Crippen LogP contribution is 2.49. The molecule has 0 unspecified atom stereocenters. The molecular formula is C34H33F3N4O5S. The van der Waals surface area contributed by atoms with Crippen LogP contribution < -0.4 is 9.64 Å². The Labute approximate surface area is 274 Å². The average molecular weight is 667 g/mol. The number of nitro groups is 1. The number of anilines is 2. The summed E-state index contributed by atoms with van der Waals surface area (Å²) in [6.07, 6.45) is -3.63. The first-order valence-electron chi connectivity index (χ1n) is 15.3. The van der Waals surface area contributed by atoms with Gasteiger partial charge in [0.25, 0.3) is 0 Å². The maximum atomic E-state index is 13.5. The Morgan fingerprint density at radius 2 is 1.55 bits per heavy atom. The van der Waals surface area contributed by atoms with Crippen LogP contribution in [0.5, 0.6) is 5.75 Å². The number of carbonyl (C=O) groups is 1. The predicted octanol–water partition coefficient (Wildman–Crippen LogP) is 7.00. The Morgan fingerprint density at radius 3 is 2.32 bits per heavy atom. The minimum absolute atomic E-state index is 0.0415. The number of piperazine rings is 1. The number of hydrogen-bond donors (Lipinski definition) is 0. The number of hydrogen-bond acceptors (Lipinski definition) is 9. The second-order valence-corrected chi connectivity index (χ2v) is 12.4. The number of carbonyl (C=O) groups excluding carboxylic acids is 1. The van der Waals surface area contributed by atoms with Crippen LogP contribution in [-0.2, 0) is 15.7 Å². The van der Waals surface area contributed by atoms with Crippen LogP contribution in [0.2, 0.25) is 0 Å². The molecule has 0 atom stereocenters. The molecule has 0 amide bonds. The smallest absolute Gasteiger partial charge is 0.416 e. The van der Waals surface area contributed by atoms with Crippen molar-refractivity contribution in [2.75, 3.05) is 63.9 Å². The van der Waals surface area contributed by atoms with Crippen LogP contribution >= 0.6 is 11.8 Å². The standard InChI is InChI=1S/C34H33F3N4O5S/c35-34(36,37)25-11-13-31-29(22-25)40(27-8-3-4-9-30(27)47-31)15-5-14-38-16-18-39(19-17-38)20-21-45-32(42)23-46-33-26-7-2-1-6-24(26)10-12-28(33)41(43)44/h1-4,6-13,22H,5,14-21,23H2. The predicted molar refractivity (Wildman–Crippen MR) is 174 cm³/mol. The highest BCUT2D eigenvalue weighted by Gasteiger charge is 2.33. The van der Waals surface area contributed by atoms with Crippen molar-refractivity contribution in [3.63, 3.8) is 0 Å². The van der Waals surface area contributed by atoms with E-state index in [1.807, 2.05) is 41.3 Å². The zero-order valence-electron chi connectivity index (χ0n) is 25.4. The van der Waals surface area contributed by atoms with E-state index in [9.17, 15) is 28.1 Å². The number of fused-ring (bicyclic) bond motifs is 3. The van der Waals surface area contributed by atoms with Gasteiger partial charge >= 0.3 is 17.8 Å². The number of para-hydroxylation sites is 1. The summed E-state index contributed by atoms with van der Waals surface area (Å²) in [5.41, 5.74) is 0.645. The number of benzene rings is 4. The summed E-state index contributed by atoms with van der Waals surface area (Å²) in [5, 5.41) is 12.8. The molecule has 1 saturated heterocycles. The minimum Gasteiger partial charge on any atom is -0.474 e. The minimum atomic E-state index is -4.41. The molecule has 246 valence electrons. The number of nitro benzene ring substituents is 1. The van der Waals surface area contributed by atoms with Crippen molar-refractivity contribution in [1.29, 1.82) is 0 Å². The fraction of sp³-hybridized carbons (Fsp3) is 0.324. The van der Waals surface area contributed by atoms with Crippen LogP contribution in [0.25, 0.3) is 10.8 Å². The summed E-state index contributed by atoms with van der Waals surface area (Å²) in [5.74, 6) is -0.563. The molecule has 0 radical (unpaired) electrons. The molecule has 2 aliphatic heterocycles. The topological polar surface area (TPSA) is 88.4 Å². The fourth-order valence-electron chi connectivity index (χ4n) is 5.92. The Hall–Kier alpha value is -4.33. The molecule has 0 aromatic heterocycles. The van der Waals surface area contributed by atoms with Crippen LogP contribution in [0.1, 0.15) is 12.0 Å². The quantitative estimate of drug-likeness (QED) is 0.0954. The van der Waals surface area contributed by atoms with E-state index in [0.29, 0.717) is 24.2 Å². The highest BCUT2D eigenvalue weighted by molar-refractivity contribution is 7.99. The van der Waals surface area contributed by atoms with Crippen molar-refractivity contribution in [2.45, 2.75) is 22.4 Å². The van der Waals surface area contributed by atoms with Gasteiger partial charge in [0, 0.05) is 60.5 Å². The summed E-state index contributed by atoms with van der Waals surface area (Å²) < 4.78 is 51.5. The van der Waals surface area contributed by atoms with Crippen molar-refractivity contribution in [3.8, 4) is 5.75 Å². The maximum absolute atomic E-state index is 13.5. The van der Waals surface area contributed by atoms with Crippen LogP contribution in [0.4, 0.5) is 30.2 Å². The SMILES string of the molecule is O=C(COc1c([N+](=O)[O-])ccc2ccccc12)OCCN1CCN(CCCN2c3ccccc3Sc3ccc(C(F)(F)F)cc32)CC1. The van der Waals surface area contributed by atoms with Crippen LogP contribution in [0.3, 0.4) is 0 Å². The first kappa shape index (κ1) is 32.6. The number of nitrogens with zero attached hydrogens (tertiary/aromatic N) is 4. The van der Waals surface area contributed by atoms with E-state index < -0.39 is 29.2 Å². The van der Waals surface area contributed by atoms with E-state index in [0.717, 1.165) is 66.1 Å². The molecule has 13 heteroatoms. The van der Waals surface area contributed by atoms with Crippen molar-refractivity contribution in [3.05, 3.63) is 94.5 Å². The molecular weight excluding hydrogens is 633 g/mol. The second-order valence-electron chi connectivity index (χ2n) is 11.3. The summed E-state index contributed by atoms with van der Waals surface area (Å²) in [4.78, 5) is 31.7. The molecule has 0 aliphatic carbocycles. The molecule has 9 nitrogen and oxygen atoms in total. The summed E-state index contributed by atoms with van der Waals surface area (Å²) >= 11 is 1.49. The molecule has 1 fully saturated rings. The molecule has 0 N–H and O–H groups in total. The number of esters is 1. The Morgan fingerprint density at radius 1 is 0.851 bits per heavy atom. The number of ether oxygens (including phenoxy) is 2. The molecule has 2 heterocycles. The van der Waals surface area contributed by atoms with Gasteiger partial charge < -0.3 is 19.3 Å². The van der Waals surface area contributed by atoms with Crippen molar-refractivity contribution in [2.24, 2.45) is 0 Å². The fourth-order valence-corrected chi connectivity index (χ4v) is 7.00. The lowest BCUT2D eigenvalue weighted by atomic mass is 10.1. The summed E-state index contributed by atoms with van der Waals surface area (Å²) in [6, 6.07) is 21.8. The Balaban J connectivity index is 0.949. The normalized spacial score (nSPS) is 15.3. The van der Waals surface area contributed by atoms with Gasteiger partial charge in [-0.3, -0.25) is 15.0 Å². The third kappa shape index (κ3) is 7.64. The molecule has 47 heavy (non-hydrogen) atoms. The molecule has 4 aromatic rings. The van der Waals surface area contributed by atoms with Crippen LogP contribution in [0.15, 0.2) is 88.7 Å². The van der Waals surface area contributed by atoms with Crippen molar-refractivity contribution in [1.82, 2.24) is 9.80 Å². The molecule has 0 spiro atoms. The molecule has 4 aromatic carbocycles. The zero-order chi connectivity index (χ0) is 33.0. The first-order chi connectivity index (χ1) is 22.7. The van der Waals surface area contributed by atoms with E-state index in [1.165, 1.54) is 23.9 Å². The zero-order valence-corrected chi connectivity index (χ0v) is 26.3. The maximum Gasteiger partial charge on any atom is 0.416 e. The Kier molecular flexibility index (Phi) is 9.85. The van der Waals surface area contributed by atoms with Gasteiger partial charge in [0.15, 0.2) is 6.61 Å². The van der Waals surface area contributed by atoms with Gasteiger partial charge in [0.1, 0.15) is 6.61 Å². The van der Waals surface area contributed by atoms with Gasteiger partial charge in [-0.15, -0.1) is 0 Å². The molecule has 6 rings (SSSR count). The summed E-state index contributed by atoms with van der Waals surface area (Å²) in [7, 11) is 0. The van der Waals surface area contributed by atoms with Crippen molar-refractivity contribution >= 4 is 45.6 Å². The van der Waals surface area contributed by atoms with Gasteiger partial charge in [-0.25, -0.2) is 4.79 Å². The summed E-state index contributed by atoms with van der Waals surface area (Å²) in [6.45, 7) is 4.90. The molecule has 0 bridgehead atoms. The van der Waals surface area contributed by atoms with Gasteiger partial charge in [-0.2, -0.15) is 13.2 Å². The number of halogens is 3. The van der Waals surface area contributed by atoms with Gasteiger partial charge in [-0.1, -0.05) is 48.2 Å². The van der Waals surface area contributed by atoms with Crippen molar-refractivity contribution < 1.29 is 32.4 Å². The van der Waals surface area contributed by atoms with E-state index in [2.05, 4.69) is 9.80 Å². The molecule has 0 saturated carbocycles. The van der Waals surface area contributed by atoms with E-state index in [-0.39, 0.29) is 18.0 Å². The van der Waals surface area contributed by atoms with E-state index in [4.69, 9.17) is 9.47 Å². The van der Waals surface area contributed by atoms with Gasteiger partial charge in [0.05, 0.1) is 21.9 Å².